The van der Waals surface area contributed by atoms with Crippen LogP contribution in [0.1, 0.15) is 10.4 Å². The van der Waals surface area contributed by atoms with Crippen LogP contribution < -0.4 is 0 Å². The summed E-state index contributed by atoms with van der Waals surface area (Å²) < 4.78 is 28.2. The van der Waals surface area contributed by atoms with Gasteiger partial charge in [0.2, 0.25) is 0 Å². The van der Waals surface area contributed by atoms with E-state index in [0.717, 1.165) is 0 Å². The highest BCUT2D eigenvalue weighted by Crippen LogP contribution is 2.17. The molecule has 0 aliphatic carbocycles. The van der Waals surface area contributed by atoms with Crippen LogP contribution >= 0.6 is 0 Å². The van der Waals surface area contributed by atoms with Gasteiger partial charge in [0.1, 0.15) is 0 Å². The molecule has 0 atom stereocenters. The molecule has 1 heterocycles. The smallest absolute Gasteiger partial charge is 0.339 e. The van der Waals surface area contributed by atoms with Gasteiger partial charge in [-0.2, -0.15) is 5.10 Å². The molecule has 2 aromatic rings. The fourth-order valence-electron chi connectivity index (χ4n) is 1.36. The van der Waals surface area contributed by atoms with Crippen LogP contribution in [0.2, 0.25) is 0 Å². The highest BCUT2D eigenvalue weighted by atomic mass is 19.3. The van der Waals surface area contributed by atoms with Gasteiger partial charge < -0.3 is 4.74 Å². The topological polar surface area (TPSA) is 55.0 Å². The van der Waals surface area contributed by atoms with Gasteiger partial charge in [-0.05, 0) is 12.1 Å². The van der Waals surface area contributed by atoms with Crippen LogP contribution in [-0.4, -0.2) is 29.2 Å². The number of carbonyl (C=O) groups excluding carboxylic acids is 1. The Morgan fingerprint density at radius 2 is 2.31 bits per heavy atom. The van der Waals surface area contributed by atoms with E-state index in [0.29, 0.717) is 10.9 Å². The first-order chi connectivity index (χ1) is 7.68. The largest absolute Gasteiger partial charge is 0.456 e. The van der Waals surface area contributed by atoms with E-state index in [1.54, 1.807) is 12.1 Å². The molecule has 0 aliphatic heterocycles. The second-order valence-corrected chi connectivity index (χ2v) is 3.13. The zero-order valence-electron chi connectivity index (χ0n) is 8.11. The molecular formula is C10H8F2N2O2. The molecule has 6 heteroatoms. The Labute approximate surface area is 89.2 Å². The predicted octanol–water partition coefficient (Wildman–Crippen LogP) is 1.98. The van der Waals surface area contributed by atoms with E-state index >= 15 is 0 Å². The number of rotatable bonds is 3. The molecule has 1 aromatic carbocycles. The number of aromatic amines is 1. The van der Waals surface area contributed by atoms with Crippen molar-refractivity contribution in [2.75, 3.05) is 6.61 Å². The summed E-state index contributed by atoms with van der Waals surface area (Å²) in [7, 11) is 0. The van der Waals surface area contributed by atoms with Gasteiger partial charge in [0.15, 0.2) is 6.61 Å². The number of nitrogens with zero attached hydrogens (tertiary/aromatic N) is 1. The second-order valence-electron chi connectivity index (χ2n) is 3.13. The quantitative estimate of drug-likeness (QED) is 0.814. The van der Waals surface area contributed by atoms with Crippen molar-refractivity contribution in [1.29, 1.82) is 0 Å². The van der Waals surface area contributed by atoms with Gasteiger partial charge in [0, 0.05) is 5.39 Å². The lowest BCUT2D eigenvalue weighted by atomic mass is 10.1. The van der Waals surface area contributed by atoms with Crippen molar-refractivity contribution in [2.45, 2.75) is 6.43 Å². The van der Waals surface area contributed by atoms with Crippen LogP contribution in [0.15, 0.2) is 24.4 Å². The van der Waals surface area contributed by atoms with Crippen molar-refractivity contribution in [3.8, 4) is 0 Å². The first-order valence-electron chi connectivity index (χ1n) is 4.56. The summed E-state index contributed by atoms with van der Waals surface area (Å²) in [6.07, 6.45) is -1.21. The predicted molar refractivity (Wildman–Crippen MR) is 52.4 cm³/mol. The van der Waals surface area contributed by atoms with E-state index < -0.39 is 19.0 Å². The van der Waals surface area contributed by atoms with E-state index in [1.807, 2.05) is 0 Å². The van der Waals surface area contributed by atoms with E-state index in [2.05, 4.69) is 14.9 Å². The number of H-pyrrole nitrogens is 1. The molecule has 0 saturated heterocycles. The molecule has 84 valence electrons. The number of nitrogens with one attached hydrogen (secondary N) is 1. The Morgan fingerprint density at radius 1 is 1.50 bits per heavy atom. The zero-order chi connectivity index (χ0) is 11.5. The van der Waals surface area contributed by atoms with Crippen molar-refractivity contribution >= 4 is 16.9 Å². The highest BCUT2D eigenvalue weighted by Gasteiger charge is 2.14. The molecule has 1 N–H and O–H groups in total. The average Bonchev–Trinajstić information content (AvgIpc) is 2.73. The number of fused-ring (bicyclic) bond motifs is 1. The van der Waals surface area contributed by atoms with E-state index in [-0.39, 0.29) is 5.56 Å². The summed E-state index contributed by atoms with van der Waals surface area (Å²) in [5.74, 6) is -0.771. The zero-order valence-corrected chi connectivity index (χ0v) is 8.11. The number of esters is 1. The SMILES string of the molecule is O=C(OCC(F)F)c1cccc2[nH]ncc12. The maximum atomic E-state index is 11.9. The molecular weight excluding hydrogens is 218 g/mol. The molecule has 16 heavy (non-hydrogen) atoms. The molecule has 1 aromatic heterocycles. The van der Waals surface area contributed by atoms with Gasteiger partial charge in [0.05, 0.1) is 17.3 Å². The summed E-state index contributed by atoms with van der Waals surface area (Å²) >= 11 is 0. The van der Waals surface area contributed by atoms with Crippen molar-refractivity contribution in [3.63, 3.8) is 0 Å². The first kappa shape index (κ1) is 10.5. The van der Waals surface area contributed by atoms with Gasteiger partial charge >= 0.3 is 5.97 Å². The average molecular weight is 226 g/mol. The molecule has 0 bridgehead atoms. The van der Waals surface area contributed by atoms with Gasteiger partial charge in [0.25, 0.3) is 6.43 Å². The molecule has 0 aliphatic rings. The van der Waals surface area contributed by atoms with E-state index in [4.69, 9.17) is 0 Å². The number of benzene rings is 1. The first-order valence-corrected chi connectivity index (χ1v) is 4.56. The minimum absolute atomic E-state index is 0.229. The number of hydrogen-bond acceptors (Lipinski definition) is 3. The maximum absolute atomic E-state index is 11.9. The fourth-order valence-corrected chi connectivity index (χ4v) is 1.36. The van der Waals surface area contributed by atoms with E-state index in [1.165, 1.54) is 12.3 Å². The van der Waals surface area contributed by atoms with Crippen LogP contribution in [0, 0.1) is 0 Å². The lowest BCUT2D eigenvalue weighted by Gasteiger charge is -2.04. The number of halogens is 2. The monoisotopic (exact) mass is 226 g/mol. The van der Waals surface area contributed by atoms with Crippen molar-refractivity contribution in [2.24, 2.45) is 0 Å². The molecule has 0 saturated carbocycles. The Kier molecular flexibility index (Phi) is 2.80. The summed E-state index contributed by atoms with van der Waals surface area (Å²) in [5, 5.41) is 6.99. The molecule has 0 radical (unpaired) electrons. The number of ether oxygens (including phenoxy) is 1. The third kappa shape index (κ3) is 2.00. The minimum Gasteiger partial charge on any atom is -0.456 e. The summed E-state index contributed by atoms with van der Waals surface area (Å²) in [6, 6.07) is 4.86. The number of carbonyl (C=O) groups is 1. The Hall–Kier alpha value is -1.98. The van der Waals surface area contributed by atoms with Gasteiger partial charge in [-0.3, -0.25) is 5.10 Å². The summed E-state index contributed by atoms with van der Waals surface area (Å²) in [6.45, 7) is -0.896. The third-order valence-electron chi connectivity index (χ3n) is 2.05. The molecule has 0 unspecified atom stereocenters. The molecule has 0 amide bonds. The van der Waals surface area contributed by atoms with Crippen LogP contribution in [0.5, 0.6) is 0 Å². The third-order valence-corrected chi connectivity index (χ3v) is 2.05. The Balaban J connectivity index is 2.25. The standard InChI is InChI=1S/C10H8F2N2O2/c11-9(12)5-16-10(15)6-2-1-3-8-7(6)4-13-14-8/h1-4,9H,5H2,(H,13,14). The van der Waals surface area contributed by atoms with Crippen LogP contribution in [-0.2, 0) is 4.74 Å². The fraction of sp³-hybridized carbons (Fsp3) is 0.200. The number of hydrogen-bond donors (Lipinski definition) is 1. The molecule has 2 rings (SSSR count). The van der Waals surface area contributed by atoms with Crippen molar-refractivity contribution in [3.05, 3.63) is 30.0 Å². The number of alkyl halides is 2. The molecule has 0 spiro atoms. The maximum Gasteiger partial charge on any atom is 0.339 e. The van der Waals surface area contributed by atoms with Crippen LogP contribution in [0.4, 0.5) is 8.78 Å². The Morgan fingerprint density at radius 3 is 3.06 bits per heavy atom. The van der Waals surface area contributed by atoms with Gasteiger partial charge in [-0.25, -0.2) is 13.6 Å². The summed E-state index contributed by atoms with van der Waals surface area (Å²) in [5.41, 5.74) is 0.887. The lowest BCUT2D eigenvalue weighted by molar-refractivity contribution is 0.0162. The normalized spacial score (nSPS) is 10.9. The van der Waals surface area contributed by atoms with Crippen LogP contribution in [0.3, 0.4) is 0 Å². The highest BCUT2D eigenvalue weighted by molar-refractivity contribution is 6.03. The van der Waals surface area contributed by atoms with Gasteiger partial charge in [-0.1, -0.05) is 6.07 Å². The van der Waals surface area contributed by atoms with Gasteiger partial charge in [-0.15, -0.1) is 0 Å². The minimum atomic E-state index is -2.66. The molecule has 0 fully saturated rings. The van der Waals surface area contributed by atoms with E-state index in [9.17, 15) is 13.6 Å². The number of aromatic nitrogens is 2. The second kappa shape index (κ2) is 4.26. The van der Waals surface area contributed by atoms with Crippen molar-refractivity contribution < 1.29 is 18.3 Å². The lowest BCUT2D eigenvalue weighted by Crippen LogP contribution is -2.11. The summed E-state index contributed by atoms with van der Waals surface area (Å²) in [4.78, 5) is 11.5. The van der Waals surface area contributed by atoms with Crippen molar-refractivity contribution in [1.82, 2.24) is 10.2 Å². The molecule has 4 nitrogen and oxygen atoms in total. The van der Waals surface area contributed by atoms with Crippen LogP contribution in [0.25, 0.3) is 10.9 Å². The Bertz CT molecular complexity index is 510.